The minimum Gasteiger partial charge on any atom is -0.507 e. The standard InChI is InChI=1S/C36H44N2O4/c1-3-5-7-9-11-13-25-15-19-27(20-16-25)37-29-23-31(39)34-33(35(29)41)32(40)24-30(36(34)42)38-28-21-17-26(18-22-28)14-12-10-8-6-4-2/h15-24,37-39,41H,3-14H2,1-2H3. The van der Waals surface area contributed by atoms with Crippen LogP contribution in [0.2, 0.25) is 0 Å². The van der Waals surface area contributed by atoms with Gasteiger partial charge >= 0.3 is 0 Å². The van der Waals surface area contributed by atoms with E-state index in [4.69, 9.17) is 0 Å². The van der Waals surface area contributed by atoms with E-state index in [1.54, 1.807) is 0 Å². The molecule has 6 nitrogen and oxygen atoms in total. The van der Waals surface area contributed by atoms with Crippen molar-refractivity contribution >= 4 is 28.6 Å². The fourth-order valence-corrected chi connectivity index (χ4v) is 5.41. The first-order chi connectivity index (χ1) is 20.4. The first kappa shape index (κ1) is 30.9. The third-order valence-electron chi connectivity index (χ3n) is 7.88. The van der Waals surface area contributed by atoms with E-state index in [1.165, 1.54) is 74.6 Å². The van der Waals surface area contributed by atoms with Crippen LogP contribution < -0.4 is 10.6 Å². The first-order valence-corrected chi connectivity index (χ1v) is 15.5. The Kier molecular flexibility index (Phi) is 11.2. The SMILES string of the molecule is CCCCCCCc1ccc(NC2=CC(=O)c3c(O)c(Nc4ccc(CCCCCCC)cc4)cc(O)c3C2=O)cc1. The average Bonchev–Trinajstić information content (AvgIpc) is 2.99. The fraction of sp³-hybridized carbons (Fsp3) is 0.389. The number of hydrogen-bond acceptors (Lipinski definition) is 6. The zero-order chi connectivity index (χ0) is 29.9. The molecule has 0 amide bonds. The summed E-state index contributed by atoms with van der Waals surface area (Å²) in [6.45, 7) is 4.42. The zero-order valence-corrected chi connectivity index (χ0v) is 25.0. The van der Waals surface area contributed by atoms with Crippen LogP contribution in [0.25, 0.3) is 0 Å². The first-order valence-electron chi connectivity index (χ1n) is 15.5. The van der Waals surface area contributed by atoms with Gasteiger partial charge in [-0.15, -0.1) is 0 Å². The van der Waals surface area contributed by atoms with Crippen LogP contribution in [0.3, 0.4) is 0 Å². The second-order valence-corrected chi connectivity index (χ2v) is 11.3. The molecule has 0 spiro atoms. The summed E-state index contributed by atoms with van der Waals surface area (Å²) in [6.07, 6.45) is 15.5. The highest BCUT2D eigenvalue weighted by Crippen LogP contribution is 2.41. The predicted octanol–water partition coefficient (Wildman–Crippen LogP) is 9.24. The molecular formula is C36H44N2O4. The minimum absolute atomic E-state index is 0.0560. The predicted molar refractivity (Wildman–Crippen MR) is 171 cm³/mol. The summed E-state index contributed by atoms with van der Waals surface area (Å²) < 4.78 is 0. The van der Waals surface area contributed by atoms with Crippen molar-refractivity contribution in [2.24, 2.45) is 0 Å². The highest BCUT2D eigenvalue weighted by molar-refractivity contribution is 6.28. The van der Waals surface area contributed by atoms with Crippen LogP contribution in [0, 0.1) is 0 Å². The molecule has 3 aromatic carbocycles. The molecule has 1 aliphatic rings. The van der Waals surface area contributed by atoms with E-state index in [0.717, 1.165) is 25.7 Å². The Balaban J connectivity index is 1.41. The smallest absolute Gasteiger partial charge is 0.213 e. The van der Waals surface area contributed by atoms with Crippen molar-refractivity contribution in [2.75, 3.05) is 10.6 Å². The van der Waals surface area contributed by atoms with E-state index in [0.29, 0.717) is 11.4 Å². The zero-order valence-electron chi connectivity index (χ0n) is 25.0. The average molecular weight is 569 g/mol. The topological polar surface area (TPSA) is 98.7 Å². The van der Waals surface area contributed by atoms with Gasteiger partial charge in [0.1, 0.15) is 5.75 Å². The van der Waals surface area contributed by atoms with Gasteiger partial charge in [-0.2, -0.15) is 0 Å². The summed E-state index contributed by atoms with van der Waals surface area (Å²) in [4.78, 5) is 26.4. The summed E-state index contributed by atoms with van der Waals surface area (Å²) in [6, 6.07) is 17.0. The van der Waals surface area contributed by atoms with Crippen LogP contribution in [0.4, 0.5) is 17.1 Å². The summed E-state index contributed by atoms with van der Waals surface area (Å²) in [7, 11) is 0. The largest absolute Gasteiger partial charge is 0.507 e. The number of hydrogen-bond donors (Lipinski definition) is 4. The van der Waals surface area contributed by atoms with Gasteiger partial charge in [0.15, 0.2) is 11.5 Å². The minimum atomic E-state index is -0.550. The second kappa shape index (κ2) is 15.2. The van der Waals surface area contributed by atoms with Crippen molar-refractivity contribution in [3.63, 3.8) is 0 Å². The second-order valence-electron chi connectivity index (χ2n) is 11.3. The number of rotatable bonds is 16. The van der Waals surface area contributed by atoms with Gasteiger partial charge in [0.25, 0.3) is 0 Å². The third kappa shape index (κ3) is 8.03. The molecule has 4 rings (SSSR count). The van der Waals surface area contributed by atoms with E-state index in [1.807, 2.05) is 48.5 Å². The monoisotopic (exact) mass is 568 g/mol. The number of benzene rings is 3. The molecule has 0 aliphatic heterocycles. The molecule has 0 atom stereocenters. The number of nitrogens with one attached hydrogen (secondary N) is 2. The molecule has 42 heavy (non-hydrogen) atoms. The number of anilines is 3. The number of ketones is 2. The number of aryl methyl sites for hydroxylation is 2. The lowest BCUT2D eigenvalue weighted by Crippen LogP contribution is -2.22. The van der Waals surface area contributed by atoms with Gasteiger partial charge < -0.3 is 20.8 Å². The van der Waals surface area contributed by atoms with E-state index in [9.17, 15) is 19.8 Å². The molecule has 1 aliphatic carbocycles. The Morgan fingerprint density at radius 1 is 0.619 bits per heavy atom. The normalized spacial score (nSPS) is 12.7. The van der Waals surface area contributed by atoms with Gasteiger partial charge in [0, 0.05) is 23.5 Å². The molecule has 0 bridgehead atoms. The van der Waals surface area contributed by atoms with Gasteiger partial charge in [0.2, 0.25) is 5.78 Å². The molecular weight excluding hydrogens is 524 g/mol. The van der Waals surface area contributed by atoms with E-state index in [-0.39, 0.29) is 34.0 Å². The molecule has 4 N–H and O–H groups in total. The van der Waals surface area contributed by atoms with Crippen LogP contribution in [0.1, 0.15) is 110 Å². The molecule has 3 aromatic rings. The van der Waals surface area contributed by atoms with Gasteiger partial charge in [-0.3, -0.25) is 9.59 Å². The number of phenols is 2. The molecule has 0 fully saturated rings. The number of carbonyl (C=O) groups excluding carboxylic acids is 2. The Morgan fingerprint density at radius 3 is 1.64 bits per heavy atom. The fourth-order valence-electron chi connectivity index (χ4n) is 5.41. The number of phenolic OH excluding ortho intramolecular Hbond substituents is 2. The summed E-state index contributed by atoms with van der Waals surface area (Å²) in [5, 5.41) is 27.9. The summed E-state index contributed by atoms with van der Waals surface area (Å²) in [5.74, 6) is -1.82. The van der Waals surface area contributed by atoms with Crippen molar-refractivity contribution in [2.45, 2.75) is 90.9 Å². The van der Waals surface area contributed by atoms with Crippen molar-refractivity contribution in [3.8, 4) is 11.5 Å². The maximum atomic E-state index is 13.3. The van der Waals surface area contributed by atoms with Crippen molar-refractivity contribution in [3.05, 3.63) is 88.6 Å². The quantitative estimate of drug-likeness (QED) is 0.0781. The molecule has 0 saturated carbocycles. The van der Waals surface area contributed by atoms with E-state index in [2.05, 4.69) is 24.5 Å². The van der Waals surface area contributed by atoms with Crippen molar-refractivity contribution in [1.82, 2.24) is 0 Å². The number of aromatic hydroxyl groups is 2. The maximum absolute atomic E-state index is 13.3. The molecule has 0 unspecified atom stereocenters. The van der Waals surface area contributed by atoms with Gasteiger partial charge in [-0.1, -0.05) is 89.5 Å². The Bertz CT molecular complexity index is 1390. The van der Waals surface area contributed by atoms with Gasteiger partial charge in [-0.25, -0.2) is 0 Å². The number of fused-ring (bicyclic) bond motifs is 1. The maximum Gasteiger partial charge on any atom is 0.213 e. The number of Topliss-reactive ketones (excluding diaryl/α,β-unsaturated/α-hetero) is 1. The number of allylic oxidation sites excluding steroid dienone is 2. The van der Waals surface area contributed by atoms with E-state index < -0.39 is 11.6 Å². The van der Waals surface area contributed by atoms with Gasteiger partial charge in [-0.05, 0) is 61.1 Å². The molecule has 0 aromatic heterocycles. The Hall–Kier alpha value is -4.06. The summed E-state index contributed by atoms with van der Waals surface area (Å²) >= 11 is 0. The third-order valence-corrected chi connectivity index (χ3v) is 7.88. The lowest BCUT2D eigenvalue weighted by atomic mass is 9.90. The number of unbranched alkanes of at least 4 members (excludes halogenated alkanes) is 8. The molecule has 0 saturated heterocycles. The Morgan fingerprint density at radius 2 is 1.12 bits per heavy atom. The van der Waals surface area contributed by atoms with E-state index >= 15 is 0 Å². The van der Waals surface area contributed by atoms with Gasteiger partial charge in [0.05, 0.1) is 22.5 Å². The lowest BCUT2D eigenvalue weighted by Gasteiger charge is -2.21. The highest BCUT2D eigenvalue weighted by atomic mass is 16.3. The van der Waals surface area contributed by atoms with Crippen LogP contribution in [0.5, 0.6) is 11.5 Å². The molecule has 0 heterocycles. The molecule has 0 radical (unpaired) electrons. The van der Waals surface area contributed by atoms with Crippen LogP contribution in [-0.2, 0) is 12.8 Å². The van der Waals surface area contributed by atoms with Crippen LogP contribution in [-0.4, -0.2) is 21.8 Å². The molecule has 222 valence electrons. The highest BCUT2D eigenvalue weighted by Gasteiger charge is 2.33. The lowest BCUT2D eigenvalue weighted by molar-refractivity contribution is 0.0980. The van der Waals surface area contributed by atoms with Crippen LogP contribution in [0.15, 0.2) is 66.4 Å². The number of carbonyl (C=O) groups is 2. The van der Waals surface area contributed by atoms with Crippen LogP contribution >= 0.6 is 0 Å². The Labute approximate surface area is 249 Å². The van der Waals surface area contributed by atoms with Crippen molar-refractivity contribution in [1.29, 1.82) is 0 Å². The summed E-state index contributed by atoms with van der Waals surface area (Å²) in [5.41, 5.74) is 3.66. The molecule has 6 heteroatoms. The van der Waals surface area contributed by atoms with Crippen molar-refractivity contribution < 1.29 is 19.8 Å².